The Morgan fingerprint density at radius 2 is 1.96 bits per heavy atom. The molecule has 3 rings (SSSR count). The molecule has 2 heterocycles. The lowest BCUT2D eigenvalue weighted by molar-refractivity contribution is -0.147. The molecule has 0 aromatic carbocycles. The van der Waals surface area contributed by atoms with Crippen LogP contribution in [0.5, 0.6) is 0 Å². The Bertz CT molecular complexity index is 766. The SMILES string of the molecule is Cc1cc(-n2c(C)cc(C(=O)COC(=O)C3CCCC3)c2C)no1. The van der Waals surface area contributed by atoms with E-state index in [2.05, 4.69) is 5.16 Å². The predicted molar refractivity (Wildman–Crippen MR) is 87.3 cm³/mol. The Kier molecular flexibility index (Phi) is 4.55. The van der Waals surface area contributed by atoms with Crippen molar-refractivity contribution in [2.45, 2.75) is 46.5 Å². The van der Waals surface area contributed by atoms with Gasteiger partial charge < -0.3 is 9.26 Å². The van der Waals surface area contributed by atoms with Crippen molar-refractivity contribution in [1.29, 1.82) is 0 Å². The molecule has 0 spiro atoms. The van der Waals surface area contributed by atoms with E-state index in [0.717, 1.165) is 37.1 Å². The zero-order chi connectivity index (χ0) is 17.3. The second-order valence-electron chi connectivity index (χ2n) is 6.43. The molecule has 1 aliphatic carbocycles. The largest absolute Gasteiger partial charge is 0.457 e. The quantitative estimate of drug-likeness (QED) is 0.621. The third-order valence-electron chi connectivity index (χ3n) is 4.61. The minimum Gasteiger partial charge on any atom is -0.457 e. The first-order chi connectivity index (χ1) is 11.5. The van der Waals surface area contributed by atoms with Crippen molar-refractivity contribution >= 4 is 11.8 Å². The first-order valence-corrected chi connectivity index (χ1v) is 8.30. The minimum absolute atomic E-state index is 0.0386. The van der Waals surface area contributed by atoms with Gasteiger partial charge in [-0.3, -0.25) is 14.2 Å². The van der Waals surface area contributed by atoms with Crippen molar-refractivity contribution in [1.82, 2.24) is 9.72 Å². The van der Waals surface area contributed by atoms with E-state index in [4.69, 9.17) is 9.26 Å². The monoisotopic (exact) mass is 330 g/mol. The van der Waals surface area contributed by atoms with Gasteiger partial charge in [-0.05, 0) is 39.7 Å². The second kappa shape index (κ2) is 6.63. The summed E-state index contributed by atoms with van der Waals surface area (Å²) in [5.74, 6) is 0.867. The topological polar surface area (TPSA) is 74.3 Å². The summed E-state index contributed by atoms with van der Waals surface area (Å²) >= 11 is 0. The molecule has 1 fully saturated rings. The molecule has 1 saturated carbocycles. The molecule has 2 aromatic rings. The highest BCUT2D eigenvalue weighted by atomic mass is 16.5. The number of carbonyl (C=O) groups excluding carboxylic acids is 2. The highest BCUT2D eigenvalue weighted by molar-refractivity contribution is 5.99. The van der Waals surface area contributed by atoms with E-state index in [1.54, 1.807) is 6.07 Å². The van der Waals surface area contributed by atoms with Crippen molar-refractivity contribution in [3.05, 3.63) is 34.8 Å². The van der Waals surface area contributed by atoms with Gasteiger partial charge in [-0.15, -0.1) is 0 Å². The summed E-state index contributed by atoms with van der Waals surface area (Å²) in [6.07, 6.45) is 3.86. The fourth-order valence-corrected chi connectivity index (χ4v) is 3.35. The molecule has 0 atom stereocenters. The third kappa shape index (κ3) is 3.13. The molecule has 128 valence electrons. The smallest absolute Gasteiger partial charge is 0.309 e. The number of carbonyl (C=O) groups is 2. The summed E-state index contributed by atoms with van der Waals surface area (Å²) in [5.41, 5.74) is 2.20. The Morgan fingerprint density at radius 1 is 1.25 bits per heavy atom. The summed E-state index contributed by atoms with van der Waals surface area (Å²) in [6.45, 7) is 5.36. The zero-order valence-corrected chi connectivity index (χ0v) is 14.3. The molecular weight excluding hydrogens is 308 g/mol. The number of nitrogens with zero attached hydrogens (tertiary/aromatic N) is 2. The summed E-state index contributed by atoms with van der Waals surface area (Å²) in [4.78, 5) is 24.4. The lowest BCUT2D eigenvalue weighted by Crippen LogP contribution is -2.19. The maximum absolute atomic E-state index is 12.5. The van der Waals surface area contributed by atoms with Crippen molar-refractivity contribution < 1.29 is 18.8 Å². The maximum atomic E-state index is 12.5. The summed E-state index contributed by atoms with van der Waals surface area (Å²) in [7, 11) is 0. The molecule has 0 bridgehead atoms. The molecular formula is C18H22N2O4. The number of hydrogen-bond acceptors (Lipinski definition) is 5. The van der Waals surface area contributed by atoms with Gasteiger partial charge in [0.05, 0.1) is 5.92 Å². The first-order valence-electron chi connectivity index (χ1n) is 8.30. The van der Waals surface area contributed by atoms with Crippen molar-refractivity contribution in [3.8, 4) is 5.82 Å². The minimum atomic E-state index is -0.248. The van der Waals surface area contributed by atoms with Crippen LogP contribution in [0.1, 0.15) is 53.2 Å². The molecule has 0 aliphatic heterocycles. The number of aryl methyl sites for hydroxylation is 2. The Balaban J connectivity index is 1.72. The third-order valence-corrected chi connectivity index (χ3v) is 4.61. The fraction of sp³-hybridized carbons (Fsp3) is 0.500. The van der Waals surface area contributed by atoms with Gasteiger partial charge in [0.25, 0.3) is 0 Å². The van der Waals surface area contributed by atoms with Gasteiger partial charge in [0.1, 0.15) is 5.76 Å². The van der Waals surface area contributed by atoms with Crippen LogP contribution in [0.3, 0.4) is 0 Å². The lowest BCUT2D eigenvalue weighted by atomic mass is 10.1. The number of aromatic nitrogens is 2. The van der Waals surface area contributed by atoms with Gasteiger partial charge in [0.15, 0.2) is 12.4 Å². The van der Waals surface area contributed by atoms with E-state index in [1.165, 1.54) is 0 Å². The van der Waals surface area contributed by atoms with E-state index in [-0.39, 0.29) is 24.3 Å². The average Bonchev–Trinajstić information content (AvgIpc) is 3.26. The van der Waals surface area contributed by atoms with Gasteiger partial charge >= 0.3 is 5.97 Å². The average molecular weight is 330 g/mol. The summed E-state index contributed by atoms with van der Waals surface area (Å²) < 4.78 is 12.2. The normalized spacial score (nSPS) is 15.0. The van der Waals surface area contributed by atoms with Crippen LogP contribution in [0.2, 0.25) is 0 Å². The van der Waals surface area contributed by atoms with Crippen LogP contribution >= 0.6 is 0 Å². The highest BCUT2D eigenvalue weighted by Gasteiger charge is 2.25. The Morgan fingerprint density at radius 3 is 2.58 bits per heavy atom. The van der Waals surface area contributed by atoms with E-state index < -0.39 is 0 Å². The first kappa shape index (κ1) is 16.5. The number of rotatable bonds is 5. The lowest BCUT2D eigenvalue weighted by Gasteiger charge is -2.09. The van der Waals surface area contributed by atoms with E-state index >= 15 is 0 Å². The van der Waals surface area contributed by atoms with Crippen LogP contribution in [-0.2, 0) is 9.53 Å². The number of Topliss-reactive ketones (excluding diaryl/α,β-unsaturated/α-hetero) is 1. The van der Waals surface area contributed by atoms with Crippen LogP contribution in [0.25, 0.3) is 5.82 Å². The molecule has 2 aromatic heterocycles. The van der Waals surface area contributed by atoms with Crippen LogP contribution in [0.4, 0.5) is 0 Å². The van der Waals surface area contributed by atoms with Crippen LogP contribution in [0, 0.1) is 26.7 Å². The molecule has 6 nitrogen and oxygen atoms in total. The maximum Gasteiger partial charge on any atom is 0.309 e. The van der Waals surface area contributed by atoms with Crippen LogP contribution < -0.4 is 0 Å². The van der Waals surface area contributed by atoms with E-state index in [1.807, 2.05) is 31.4 Å². The summed E-state index contributed by atoms with van der Waals surface area (Å²) in [6, 6.07) is 3.61. The van der Waals surface area contributed by atoms with Gasteiger partial charge in [-0.2, -0.15) is 0 Å². The number of hydrogen-bond donors (Lipinski definition) is 0. The highest BCUT2D eigenvalue weighted by Crippen LogP contribution is 2.26. The predicted octanol–water partition coefficient (Wildman–Crippen LogP) is 3.31. The van der Waals surface area contributed by atoms with Crippen LogP contribution in [-0.4, -0.2) is 28.1 Å². The number of ether oxygens (including phenoxy) is 1. The van der Waals surface area contributed by atoms with Gasteiger partial charge in [0.2, 0.25) is 5.78 Å². The zero-order valence-electron chi connectivity index (χ0n) is 14.3. The van der Waals surface area contributed by atoms with Crippen LogP contribution in [0.15, 0.2) is 16.7 Å². The number of ketones is 1. The van der Waals surface area contributed by atoms with E-state index in [0.29, 0.717) is 17.1 Å². The molecule has 0 amide bonds. The molecule has 1 aliphatic rings. The van der Waals surface area contributed by atoms with E-state index in [9.17, 15) is 9.59 Å². The molecule has 0 N–H and O–H groups in total. The Hall–Kier alpha value is -2.37. The van der Waals surface area contributed by atoms with Crippen molar-refractivity contribution in [3.63, 3.8) is 0 Å². The second-order valence-corrected chi connectivity index (χ2v) is 6.43. The van der Waals surface area contributed by atoms with Crippen molar-refractivity contribution in [2.75, 3.05) is 6.61 Å². The van der Waals surface area contributed by atoms with Gasteiger partial charge in [0, 0.05) is 23.0 Å². The molecule has 6 heteroatoms. The van der Waals surface area contributed by atoms with Crippen molar-refractivity contribution in [2.24, 2.45) is 5.92 Å². The molecule has 24 heavy (non-hydrogen) atoms. The van der Waals surface area contributed by atoms with Gasteiger partial charge in [-0.25, -0.2) is 0 Å². The molecule has 0 radical (unpaired) electrons. The standard InChI is InChI=1S/C18H22N2O4/c1-11-8-15(13(3)20(11)17-9-12(2)24-19-17)16(21)10-23-18(22)14-6-4-5-7-14/h8-9,14H,4-7,10H2,1-3H3. The Labute approximate surface area is 140 Å². The number of esters is 1. The molecule has 0 saturated heterocycles. The molecule has 0 unspecified atom stereocenters. The fourth-order valence-electron chi connectivity index (χ4n) is 3.35. The van der Waals surface area contributed by atoms with Gasteiger partial charge in [-0.1, -0.05) is 18.0 Å². The summed E-state index contributed by atoms with van der Waals surface area (Å²) in [5, 5.41) is 4.00.